The molecule has 7 heteroatoms. The smallest absolute Gasteiger partial charge is 0.120 e. The number of aromatic hydroxyl groups is 2. The van der Waals surface area contributed by atoms with Gasteiger partial charge in [0, 0.05) is 77.6 Å². The number of aryl methyl sites for hydroxylation is 1. The molecule has 2 aromatic rings. The van der Waals surface area contributed by atoms with E-state index >= 15 is 0 Å². The Hall–Kier alpha value is -2.19. The van der Waals surface area contributed by atoms with Gasteiger partial charge in [-0.15, -0.1) is 9.60 Å². The number of phenolic OH excluding ortho intramolecular Hbond substituents is 2. The van der Waals surface area contributed by atoms with Crippen LogP contribution in [-0.2, 0) is 6.54 Å². The van der Waals surface area contributed by atoms with Crippen LogP contribution < -0.4 is 0 Å². The predicted octanol–water partition coefficient (Wildman–Crippen LogP) is 2.71. The van der Waals surface area contributed by atoms with Crippen LogP contribution in [0.1, 0.15) is 11.1 Å². The van der Waals surface area contributed by atoms with Crippen LogP contribution >= 0.6 is 0 Å². The van der Waals surface area contributed by atoms with E-state index in [1.165, 1.54) is 0 Å². The van der Waals surface area contributed by atoms with E-state index < -0.39 is 0 Å². The van der Waals surface area contributed by atoms with Gasteiger partial charge in [0.25, 0.3) is 0 Å². The molecule has 4 rings (SSSR count). The Morgan fingerprint density at radius 2 is 1.16 bits per heavy atom. The molecule has 0 saturated carbocycles. The molecule has 2 aromatic carbocycles. The molecule has 2 aliphatic heterocycles. The molecule has 0 aliphatic carbocycles. The molecule has 2 atom stereocenters. The van der Waals surface area contributed by atoms with Crippen molar-refractivity contribution in [2.45, 2.75) is 13.5 Å². The molecule has 170 valence electrons. The van der Waals surface area contributed by atoms with Crippen molar-refractivity contribution in [3.8, 4) is 11.5 Å². The minimum Gasteiger partial charge on any atom is -0.508 e. The summed E-state index contributed by atoms with van der Waals surface area (Å²) in [4.78, 5) is 7.11. The number of nitrogens with zero attached hydrogens (tertiary/aromatic N) is 4. The highest BCUT2D eigenvalue weighted by atomic mass is 19.2. The minimum atomic E-state index is 0.368. The van der Waals surface area contributed by atoms with Crippen molar-refractivity contribution in [3.63, 3.8) is 0 Å². The van der Waals surface area contributed by atoms with Gasteiger partial charge in [-0.25, -0.2) is 0 Å². The number of phenols is 2. The first-order valence-corrected chi connectivity index (χ1v) is 11.1. The van der Waals surface area contributed by atoms with Gasteiger partial charge in [-0.1, -0.05) is 36.4 Å². The van der Waals surface area contributed by atoms with Crippen LogP contribution in [0.15, 0.2) is 48.5 Å². The monoisotopic (exact) mass is 430 g/mol. The minimum absolute atomic E-state index is 0.368. The van der Waals surface area contributed by atoms with E-state index in [0.29, 0.717) is 24.6 Å². The van der Waals surface area contributed by atoms with Gasteiger partial charge in [-0.2, -0.15) is 0 Å². The van der Waals surface area contributed by atoms with Gasteiger partial charge < -0.3 is 10.2 Å². The molecule has 2 aliphatic rings. The highest BCUT2D eigenvalue weighted by molar-refractivity contribution is 5.31. The molecule has 2 bridgehead atoms. The van der Waals surface area contributed by atoms with Gasteiger partial charge in [-0.3, -0.25) is 14.7 Å². The topological polar surface area (TPSA) is 53.4 Å². The van der Waals surface area contributed by atoms with Crippen LogP contribution in [0.2, 0.25) is 0 Å². The fourth-order valence-electron chi connectivity index (χ4n) is 3.85. The zero-order chi connectivity index (χ0) is 22.1. The molecule has 0 aromatic heterocycles. The molecular formula is C24H35FN4O2. The number of benzene rings is 2. The second-order valence-electron chi connectivity index (χ2n) is 8.28. The van der Waals surface area contributed by atoms with Crippen molar-refractivity contribution >= 4 is 0 Å². The Bertz CT molecular complexity index is 766. The average molecular weight is 431 g/mol. The second-order valence-corrected chi connectivity index (χ2v) is 8.28. The van der Waals surface area contributed by atoms with E-state index in [1.807, 2.05) is 43.3 Å². The number of halogens is 1. The Labute approximate surface area is 185 Å². The lowest BCUT2D eigenvalue weighted by Crippen LogP contribution is -2.39. The van der Waals surface area contributed by atoms with Gasteiger partial charge in [-0.05, 0) is 24.6 Å². The maximum absolute atomic E-state index is 13.7. The third-order valence-electron chi connectivity index (χ3n) is 6.02. The number of hydrogen-bond acceptors (Lipinski definition) is 6. The summed E-state index contributed by atoms with van der Waals surface area (Å²) in [5.74, 6) is 0.739. The lowest BCUT2D eigenvalue weighted by atomic mass is 10.2. The zero-order valence-corrected chi connectivity index (χ0v) is 18.5. The van der Waals surface area contributed by atoms with Gasteiger partial charge in [0.1, 0.15) is 11.5 Å². The molecule has 2 unspecified atom stereocenters. The first-order valence-electron chi connectivity index (χ1n) is 11.1. The molecule has 0 amide bonds. The highest BCUT2D eigenvalue weighted by Crippen LogP contribution is 2.18. The molecule has 0 spiro atoms. The fraction of sp³-hybridized carbons (Fsp3) is 0.500. The van der Waals surface area contributed by atoms with Gasteiger partial charge in [0.05, 0.1) is 0 Å². The summed E-state index contributed by atoms with van der Waals surface area (Å²) >= 11 is 0. The highest BCUT2D eigenvalue weighted by Gasteiger charge is 2.20. The average Bonchev–Trinajstić information content (AvgIpc) is 2.91. The van der Waals surface area contributed by atoms with E-state index in [1.54, 1.807) is 12.1 Å². The molecule has 31 heavy (non-hydrogen) atoms. The van der Waals surface area contributed by atoms with Crippen LogP contribution in [0.4, 0.5) is 4.48 Å². The third-order valence-corrected chi connectivity index (χ3v) is 6.02. The third kappa shape index (κ3) is 7.78. The summed E-state index contributed by atoms with van der Waals surface area (Å²) in [6.07, 6.45) is 0. The molecule has 2 heterocycles. The second kappa shape index (κ2) is 12.0. The van der Waals surface area contributed by atoms with E-state index in [0.717, 1.165) is 75.2 Å². The number of hydrogen-bond donors (Lipinski definition) is 2. The van der Waals surface area contributed by atoms with Crippen molar-refractivity contribution in [1.29, 1.82) is 0 Å². The van der Waals surface area contributed by atoms with Gasteiger partial charge >= 0.3 is 0 Å². The largest absolute Gasteiger partial charge is 0.508 e. The number of para-hydroxylation sites is 2. The van der Waals surface area contributed by atoms with E-state index in [2.05, 4.69) is 14.7 Å². The fourth-order valence-corrected chi connectivity index (χ4v) is 3.85. The molecular weight excluding hydrogens is 395 g/mol. The summed E-state index contributed by atoms with van der Waals surface area (Å²) < 4.78 is 13.7. The lowest BCUT2D eigenvalue weighted by Gasteiger charge is -2.27. The summed E-state index contributed by atoms with van der Waals surface area (Å²) in [6.45, 7) is 11.0. The van der Waals surface area contributed by atoms with E-state index in [-0.39, 0.29) is 0 Å². The van der Waals surface area contributed by atoms with Crippen LogP contribution in [0.3, 0.4) is 0 Å². The van der Waals surface area contributed by atoms with Gasteiger partial charge in [0.2, 0.25) is 0 Å². The van der Waals surface area contributed by atoms with Crippen LogP contribution in [0.5, 0.6) is 11.5 Å². The van der Waals surface area contributed by atoms with Crippen LogP contribution in [-0.4, -0.2) is 95.5 Å². The van der Waals surface area contributed by atoms with Crippen molar-refractivity contribution in [2.75, 3.05) is 65.4 Å². The maximum atomic E-state index is 13.7. The Balaban J connectivity index is 0.000000287. The van der Waals surface area contributed by atoms with Crippen molar-refractivity contribution in [1.82, 2.24) is 19.8 Å². The van der Waals surface area contributed by atoms with Gasteiger partial charge in [0.15, 0.2) is 0 Å². The van der Waals surface area contributed by atoms with E-state index in [4.69, 9.17) is 5.11 Å². The zero-order valence-electron chi connectivity index (χ0n) is 18.5. The molecule has 2 fully saturated rings. The molecule has 0 radical (unpaired) electrons. The standard InChI is InChI=1S/C17H27FN4O.C7H8O/c18-22-13-11-19-5-6-20(12-14-22)8-10-21(9-7-19)15-16-3-1-2-4-17(16)23;1-6-4-2-3-5-7(6)8/h1-4,23H,5-15H2;2-5,8H,1H3. The predicted molar refractivity (Wildman–Crippen MR) is 122 cm³/mol. The summed E-state index contributed by atoms with van der Waals surface area (Å²) in [5, 5.41) is 19.9. The summed E-state index contributed by atoms with van der Waals surface area (Å²) in [7, 11) is 0. The molecule has 6 nitrogen and oxygen atoms in total. The summed E-state index contributed by atoms with van der Waals surface area (Å²) in [5.41, 5.74) is 1.90. The summed E-state index contributed by atoms with van der Waals surface area (Å²) in [6, 6.07) is 14.8. The van der Waals surface area contributed by atoms with Crippen molar-refractivity contribution in [3.05, 3.63) is 59.7 Å². The Morgan fingerprint density at radius 3 is 1.68 bits per heavy atom. The lowest BCUT2D eigenvalue weighted by molar-refractivity contribution is 0.0120. The van der Waals surface area contributed by atoms with Crippen molar-refractivity contribution in [2.24, 2.45) is 0 Å². The van der Waals surface area contributed by atoms with Crippen LogP contribution in [0, 0.1) is 6.92 Å². The van der Waals surface area contributed by atoms with Crippen LogP contribution in [0.25, 0.3) is 0 Å². The molecule has 2 N–H and O–H groups in total. The maximum Gasteiger partial charge on any atom is 0.120 e. The first kappa shape index (κ1) is 23.5. The van der Waals surface area contributed by atoms with E-state index in [9.17, 15) is 9.59 Å². The Kier molecular flexibility index (Phi) is 9.09. The Morgan fingerprint density at radius 1 is 0.677 bits per heavy atom. The first-order chi connectivity index (χ1) is 15.0. The molecule has 2 saturated heterocycles. The quantitative estimate of drug-likeness (QED) is 0.715. The number of fused-ring (bicyclic) bond motifs is 3. The normalized spacial score (nSPS) is 23.3. The van der Waals surface area contributed by atoms with Crippen molar-refractivity contribution < 1.29 is 14.7 Å². The number of rotatable bonds is 2. The SMILES string of the molecule is Cc1ccccc1O.Oc1ccccc1CN1CCN2CCN(F)CCN(CC2)CC1.